The molecule has 1 aliphatic heterocycles. The zero-order chi connectivity index (χ0) is 21.6. The van der Waals surface area contributed by atoms with Crippen LogP contribution in [0.4, 0.5) is 10.1 Å². The van der Waals surface area contributed by atoms with Crippen LogP contribution in [0.5, 0.6) is 0 Å². The van der Waals surface area contributed by atoms with Crippen molar-refractivity contribution in [3.8, 4) is 0 Å². The maximum absolute atomic E-state index is 14.6. The Morgan fingerprint density at radius 3 is 2.71 bits per heavy atom. The molecule has 5 heteroatoms. The van der Waals surface area contributed by atoms with Gasteiger partial charge in [0, 0.05) is 30.3 Å². The molecule has 4 rings (SSSR count). The Morgan fingerprint density at radius 2 is 2.00 bits per heavy atom. The van der Waals surface area contributed by atoms with E-state index in [0.717, 1.165) is 12.3 Å². The molecule has 1 saturated carbocycles. The van der Waals surface area contributed by atoms with Crippen LogP contribution in [0.25, 0.3) is 0 Å². The molecule has 2 aliphatic rings. The predicted molar refractivity (Wildman–Crippen MR) is 121 cm³/mol. The van der Waals surface area contributed by atoms with Crippen LogP contribution in [0.15, 0.2) is 48.5 Å². The SMILES string of the molecule is [CH2][C@H]1CO[C@H](CCc2c(F)cccc2NC(=O)C[C@H](CC2CC2)c2ccccc2)CN1. The molecule has 1 aliphatic carbocycles. The van der Waals surface area contributed by atoms with E-state index in [1.165, 1.54) is 24.5 Å². The van der Waals surface area contributed by atoms with Crippen molar-refractivity contribution in [1.29, 1.82) is 0 Å². The van der Waals surface area contributed by atoms with E-state index in [4.69, 9.17) is 4.74 Å². The van der Waals surface area contributed by atoms with Crippen molar-refractivity contribution < 1.29 is 13.9 Å². The van der Waals surface area contributed by atoms with E-state index in [2.05, 4.69) is 29.7 Å². The van der Waals surface area contributed by atoms with Crippen molar-refractivity contribution in [2.75, 3.05) is 18.5 Å². The van der Waals surface area contributed by atoms with E-state index in [0.29, 0.717) is 43.7 Å². The molecule has 1 heterocycles. The zero-order valence-electron chi connectivity index (χ0n) is 18.0. The van der Waals surface area contributed by atoms with Crippen molar-refractivity contribution in [1.82, 2.24) is 5.32 Å². The summed E-state index contributed by atoms with van der Waals surface area (Å²) in [6, 6.07) is 15.3. The number of rotatable bonds is 9. The summed E-state index contributed by atoms with van der Waals surface area (Å²) in [7, 11) is 0. The maximum atomic E-state index is 14.6. The molecule has 165 valence electrons. The fourth-order valence-corrected chi connectivity index (χ4v) is 4.33. The Hall–Kier alpha value is -2.24. The third-order valence-electron chi connectivity index (χ3n) is 6.29. The van der Waals surface area contributed by atoms with Crippen molar-refractivity contribution in [3.63, 3.8) is 0 Å². The van der Waals surface area contributed by atoms with Crippen molar-refractivity contribution in [2.45, 2.75) is 56.6 Å². The second-order valence-electron chi connectivity index (χ2n) is 8.90. The van der Waals surface area contributed by atoms with Crippen molar-refractivity contribution >= 4 is 11.6 Å². The number of amides is 1. The Morgan fingerprint density at radius 1 is 1.19 bits per heavy atom. The minimum atomic E-state index is -0.283. The van der Waals surface area contributed by atoms with Gasteiger partial charge in [0.25, 0.3) is 0 Å². The van der Waals surface area contributed by atoms with Crippen molar-refractivity contribution in [3.05, 3.63) is 72.4 Å². The number of halogens is 1. The van der Waals surface area contributed by atoms with Gasteiger partial charge in [-0.15, -0.1) is 0 Å². The van der Waals surface area contributed by atoms with E-state index in [1.54, 1.807) is 12.1 Å². The topological polar surface area (TPSA) is 50.4 Å². The summed E-state index contributed by atoms with van der Waals surface area (Å²) in [4.78, 5) is 12.9. The minimum absolute atomic E-state index is 0.0298. The zero-order valence-corrected chi connectivity index (χ0v) is 18.0. The molecular weight excluding hydrogens is 391 g/mol. The lowest BCUT2D eigenvalue weighted by Gasteiger charge is -2.28. The van der Waals surface area contributed by atoms with Gasteiger partial charge in [-0.05, 0) is 55.7 Å². The number of carbonyl (C=O) groups is 1. The number of benzene rings is 2. The van der Waals surface area contributed by atoms with Gasteiger partial charge in [-0.1, -0.05) is 49.2 Å². The summed E-state index contributed by atoms with van der Waals surface area (Å²) in [6.45, 7) is 5.21. The van der Waals surface area contributed by atoms with Gasteiger partial charge in [-0.2, -0.15) is 0 Å². The van der Waals surface area contributed by atoms with Gasteiger partial charge in [0.15, 0.2) is 0 Å². The Kier molecular flexibility index (Phi) is 7.36. The molecule has 1 radical (unpaired) electrons. The molecule has 2 N–H and O–H groups in total. The molecule has 2 fully saturated rings. The minimum Gasteiger partial charge on any atom is -0.375 e. The van der Waals surface area contributed by atoms with Crippen molar-refractivity contribution in [2.24, 2.45) is 5.92 Å². The average molecular weight is 424 g/mol. The fourth-order valence-electron chi connectivity index (χ4n) is 4.33. The lowest BCUT2D eigenvalue weighted by atomic mass is 9.90. The van der Waals surface area contributed by atoms with Crippen LogP contribution in [0.1, 0.15) is 49.1 Å². The highest BCUT2D eigenvalue weighted by Gasteiger charge is 2.28. The highest BCUT2D eigenvalue weighted by atomic mass is 19.1. The van der Waals surface area contributed by atoms with E-state index in [1.807, 2.05) is 18.2 Å². The molecule has 0 aromatic heterocycles. The van der Waals surface area contributed by atoms with Gasteiger partial charge in [0.2, 0.25) is 5.91 Å². The molecule has 4 nitrogen and oxygen atoms in total. The number of hydrogen-bond acceptors (Lipinski definition) is 3. The molecule has 0 spiro atoms. The summed E-state index contributed by atoms with van der Waals surface area (Å²) in [6.07, 6.45) is 5.20. The molecule has 3 atom stereocenters. The van der Waals surface area contributed by atoms with Crippen LogP contribution >= 0.6 is 0 Å². The Bertz CT molecular complexity index is 861. The first-order valence-electron chi connectivity index (χ1n) is 11.4. The number of morpholine rings is 1. The third kappa shape index (κ3) is 6.37. The summed E-state index contributed by atoms with van der Waals surface area (Å²) in [5.74, 6) is 0.582. The smallest absolute Gasteiger partial charge is 0.224 e. The molecule has 0 bridgehead atoms. The first-order chi connectivity index (χ1) is 15.1. The monoisotopic (exact) mass is 423 g/mol. The molecule has 1 saturated heterocycles. The van der Waals surface area contributed by atoms with E-state index >= 15 is 0 Å². The van der Waals surface area contributed by atoms with Crippen LogP contribution in [-0.4, -0.2) is 31.2 Å². The van der Waals surface area contributed by atoms with Gasteiger partial charge in [0.05, 0.1) is 12.7 Å². The van der Waals surface area contributed by atoms with E-state index in [-0.39, 0.29) is 29.8 Å². The summed E-state index contributed by atoms with van der Waals surface area (Å²) in [5.41, 5.74) is 2.33. The summed E-state index contributed by atoms with van der Waals surface area (Å²) in [5, 5.41) is 6.28. The van der Waals surface area contributed by atoms with Gasteiger partial charge >= 0.3 is 0 Å². The van der Waals surface area contributed by atoms with Crippen LogP contribution in [0.2, 0.25) is 0 Å². The quantitative estimate of drug-likeness (QED) is 0.605. The number of ether oxygens (including phenoxy) is 1. The molecule has 31 heavy (non-hydrogen) atoms. The molecule has 1 amide bonds. The molecule has 2 aromatic rings. The largest absolute Gasteiger partial charge is 0.375 e. The standard InChI is InChI=1S/C26H32FN2O2/c1-18-17-31-22(16-28-18)12-13-23-24(27)8-5-9-25(23)29-26(30)15-21(14-19-10-11-19)20-6-3-2-4-7-20/h2-9,18-19,21-22,28H,1,10-17H2,(H,29,30)/t18-,21-,22+/m0/s1. The van der Waals surface area contributed by atoms with Gasteiger partial charge in [-0.25, -0.2) is 4.39 Å². The summed E-state index contributed by atoms with van der Waals surface area (Å²) < 4.78 is 20.4. The van der Waals surface area contributed by atoms with Gasteiger partial charge < -0.3 is 15.4 Å². The normalized spacial score (nSPS) is 22.1. The average Bonchev–Trinajstić information content (AvgIpc) is 3.59. The second kappa shape index (κ2) is 10.4. The number of nitrogens with one attached hydrogen (secondary N) is 2. The predicted octanol–water partition coefficient (Wildman–Crippen LogP) is 4.86. The van der Waals surface area contributed by atoms with E-state index < -0.39 is 0 Å². The highest BCUT2D eigenvalue weighted by molar-refractivity contribution is 5.92. The first kappa shape index (κ1) is 22.0. The van der Waals surface area contributed by atoms with Crippen LogP contribution in [0, 0.1) is 18.7 Å². The second-order valence-corrected chi connectivity index (χ2v) is 8.90. The molecule has 2 aromatic carbocycles. The number of hydrogen-bond donors (Lipinski definition) is 2. The molecular formula is C26H32FN2O2. The van der Waals surface area contributed by atoms with Gasteiger partial charge in [0.1, 0.15) is 5.82 Å². The molecule has 0 unspecified atom stereocenters. The third-order valence-corrected chi connectivity index (χ3v) is 6.29. The lowest BCUT2D eigenvalue weighted by molar-refractivity contribution is -0.116. The Labute approximate surface area is 184 Å². The number of anilines is 1. The fraction of sp³-hybridized carbons (Fsp3) is 0.462. The summed E-state index contributed by atoms with van der Waals surface area (Å²) >= 11 is 0. The number of carbonyl (C=O) groups excluding carboxylic acids is 1. The van der Waals surface area contributed by atoms with Crippen LogP contribution in [-0.2, 0) is 16.0 Å². The van der Waals surface area contributed by atoms with E-state index in [9.17, 15) is 9.18 Å². The van der Waals surface area contributed by atoms with Crippen LogP contribution in [0.3, 0.4) is 0 Å². The highest BCUT2D eigenvalue weighted by Crippen LogP contribution is 2.40. The van der Waals surface area contributed by atoms with Crippen LogP contribution < -0.4 is 10.6 Å². The van der Waals surface area contributed by atoms with Gasteiger partial charge in [-0.3, -0.25) is 4.79 Å². The first-order valence-corrected chi connectivity index (χ1v) is 11.4. The maximum Gasteiger partial charge on any atom is 0.224 e. The lowest BCUT2D eigenvalue weighted by Crippen LogP contribution is -2.45. The Balaban J connectivity index is 1.39.